The van der Waals surface area contributed by atoms with Crippen molar-refractivity contribution in [1.29, 1.82) is 0 Å². The standard InChI is InChI=1S/C20H22N6O3.C2HF3O2/c27-18-7-6-17(19(28)22-18)25-10-12-8-15(4-5-16(12)20(25)29)26-11-14(23-24-26)9-21-13-2-1-3-13;3-2(4,5)1(6)7/h4-5,8,11,13,17,21H,1-3,6-7,9-10H2,(H,22,27,28);(H,6,7). The van der Waals surface area contributed by atoms with E-state index >= 15 is 0 Å². The molecule has 11 nitrogen and oxygen atoms in total. The number of hydrogen-bond donors (Lipinski definition) is 3. The fourth-order valence-electron chi connectivity index (χ4n) is 4.07. The number of carboxylic acids is 1. The number of rotatable bonds is 5. The predicted molar refractivity (Wildman–Crippen MR) is 116 cm³/mol. The Morgan fingerprint density at radius 2 is 1.92 bits per heavy atom. The van der Waals surface area contributed by atoms with Crippen molar-refractivity contribution in [2.24, 2.45) is 0 Å². The van der Waals surface area contributed by atoms with E-state index in [1.807, 2.05) is 18.3 Å². The Balaban J connectivity index is 0.000000384. The lowest BCUT2D eigenvalue weighted by atomic mass is 9.93. The molecule has 3 amide bonds. The molecule has 2 fully saturated rings. The fourth-order valence-corrected chi connectivity index (χ4v) is 4.07. The van der Waals surface area contributed by atoms with Crippen LogP contribution in [-0.4, -0.2) is 67.0 Å². The molecule has 1 saturated carbocycles. The average molecular weight is 508 g/mol. The van der Waals surface area contributed by atoms with Crippen molar-refractivity contribution in [3.63, 3.8) is 0 Å². The Morgan fingerprint density at radius 3 is 2.53 bits per heavy atom. The lowest BCUT2D eigenvalue weighted by Gasteiger charge is -2.29. The van der Waals surface area contributed by atoms with Crippen LogP contribution in [0, 0.1) is 0 Å². The zero-order valence-corrected chi connectivity index (χ0v) is 18.9. The molecule has 36 heavy (non-hydrogen) atoms. The third kappa shape index (κ3) is 5.53. The quantitative estimate of drug-likeness (QED) is 0.513. The molecule has 3 heterocycles. The molecule has 1 unspecified atom stereocenters. The Kier molecular flexibility index (Phi) is 7.06. The Bertz CT molecular complexity index is 1190. The highest BCUT2D eigenvalue weighted by Crippen LogP contribution is 2.29. The lowest BCUT2D eigenvalue weighted by molar-refractivity contribution is -0.192. The van der Waals surface area contributed by atoms with E-state index in [0.29, 0.717) is 31.1 Å². The topological polar surface area (TPSA) is 147 Å². The zero-order chi connectivity index (χ0) is 26.0. The second-order valence-corrected chi connectivity index (χ2v) is 8.71. The maximum absolute atomic E-state index is 12.8. The minimum atomic E-state index is -5.08. The van der Waals surface area contributed by atoms with Crippen molar-refractivity contribution in [1.82, 2.24) is 30.5 Å². The second kappa shape index (κ2) is 10.0. The minimum absolute atomic E-state index is 0.176. The monoisotopic (exact) mass is 508 g/mol. The molecular weight excluding hydrogens is 485 g/mol. The SMILES string of the molecule is O=C(O)C(F)(F)F.O=C1CCC(N2Cc3cc(-n4cc(CNC5CCC5)nn4)ccc3C2=O)C(=O)N1. The first-order chi connectivity index (χ1) is 17.0. The first-order valence-electron chi connectivity index (χ1n) is 11.3. The van der Waals surface area contributed by atoms with Crippen molar-refractivity contribution >= 4 is 23.7 Å². The summed E-state index contributed by atoms with van der Waals surface area (Å²) in [6, 6.07) is 5.50. The van der Waals surface area contributed by atoms with Crippen molar-refractivity contribution in [2.75, 3.05) is 0 Å². The van der Waals surface area contributed by atoms with E-state index in [0.717, 1.165) is 16.9 Å². The van der Waals surface area contributed by atoms with Gasteiger partial charge in [-0.3, -0.25) is 19.7 Å². The van der Waals surface area contributed by atoms with E-state index < -0.39 is 24.1 Å². The molecule has 14 heteroatoms. The van der Waals surface area contributed by atoms with Gasteiger partial charge in [0.1, 0.15) is 6.04 Å². The predicted octanol–water partition coefficient (Wildman–Crippen LogP) is 1.30. The van der Waals surface area contributed by atoms with Gasteiger partial charge in [-0.1, -0.05) is 11.6 Å². The van der Waals surface area contributed by atoms with Crippen LogP contribution in [0.5, 0.6) is 0 Å². The van der Waals surface area contributed by atoms with E-state index in [1.54, 1.807) is 15.6 Å². The van der Waals surface area contributed by atoms with Crippen LogP contribution in [0.1, 0.15) is 53.7 Å². The molecular formula is C22H23F3N6O5. The van der Waals surface area contributed by atoms with Crippen LogP contribution in [0.25, 0.3) is 5.69 Å². The fraction of sp³-hybridized carbons (Fsp3) is 0.455. The summed E-state index contributed by atoms with van der Waals surface area (Å²) < 4.78 is 33.4. The third-order valence-corrected chi connectivity index (χ3v) is 6.23. The number of nitrogens with one attached hydrogen (secondary N) is 2. The molecule has 1 atom stereocenters. The summed E-state index contributed by atoms with van der Waals surface area (Å²) in [5.41, 5.74) is 3.13. The molecule has 3 N–H and O–H groups in total. The Hall–Kier alpha value is -3.81. The number of alkyl halides is 3. The summed E-state index contributed by atoms with van der Waals surface area (Å²) in [5.74, 6) is -3.62. The van der Waals surface area contributed by atoms with Crippen LogP contribution in [0.15, 0.2) is 24.4 Å². The van der Waals surface area contributed by atoms with Crippen molar-refractivity contribution in [2.45, 2.75) is 63.5 Å². The second-order valence-electron chi connectivity index (χ2n) is 8.71. The molecule has 0 bridgehead atoms. The van der Waals surface area contributed by atoms with Gasteiger partial charge in [-0.2, -0.15) is 13.2 Å². The number of halogens is 3. The highest BCUT2D eigenvalue weighted by atomic mass is 19.4. The van der Waals surface area contributed by atoms with E-state index in [4.69, 9.17) is 9.90 Å². The first kappa shape index (κ1) is 25.3. The normalized spacial score (nSPS) is 19.8. The van der Waals surface area contributed by atoms with Gasteiger partial charge in [0, 0.05) is 31.1 Å². The summed E-state index contributed by atoms with van der Waals surface area (Å²) in [5, 5.41) is 21.3. The maximum Gasteiger partial charge on any atom is 0.490 e. The van der Waals surface area contributed by atoms with E-state index in [2.05, 4.69) is 20.9 Å². The van der Waals surface area contributed by atoms with Crippen molar-refractivity contribution < 1.29 is 37.5 Å². The maximum atomic E-state index is 12.8. The summed E-state index contributed by atoms with van der Waals surface area (Å²) in [6.07, 6.45) is 1.14. The Labute approximate surface area is 202 Å². The molecule has 5 rings (SSSR count). The van der Waals surface area contributed by atoms with E-state index in [1.165, 1.54) is 19.3 Å². The molecule has 1 aromatic heterocycles. The first-order valence-corrected chi connectivity index (χ1v) is 11.3. The number of carbonyl (C=O) groups excluding carboxylic acids is 3. The van der Waals surface area contributed by atoms with Crippen LogP contribution in [0.3, 0.4) is 0 Å². The number of imide groups is 1. The molecule has 1 saturated heterocycles. The number of piperidine rings is 1. The summed E-state index contributed by atoms with van der Waals surface area (Å²) >= 11 is 0. The van der Waals surface area contributed by atoms with Gasteiger partial charge in [0.25, 0.3) is 5.91 Å². The number of carbonyl (C=O) groups is 4. The number of nitrogens with zero attached hydrogens (tertiary/aromatic N) is 4. The summed E-state index contributed by atoms with van der Waals surface area (Å²) in [7, 11) is 0. The molecule has 192 valence electrons. The van der Waals surface area contributed by atoms with Crippen LogP contribution < -0.4 is 10.6 Å². The van der Waals surface area contributed by atoms with E-state index in [-0.39, 0.29) is 18.2 Å². The highest BCUT2D eigenvalue weighted by Gasteiger charge is 2.39. The number of fused-ring (bicyclic) bond motifs is 1. The largest absolute Gasteiger partial charge is 0.490 e. The van der Waals surface area contributed by atoms with Gasteiger partial charge in [0.2, 0.25) is 11.8 Å². The summed E-state index contributed by atoms with van der Waals surface area (Å²) in [6.45, 7) is 1.04. The number of aromatic nitrogens is 3. The van der Waals surface area contributed by atoms with Crippen LogP contribution in [-0.2, 0) is 27.5 Å². The molecule has 3 aliphatic rings. The van der Waals surface area contributed by atoms with Crippen LogP contribution in [0.2, 0.25) is 0 Å². The number of aliphatic carboxylic acids is 1. The minimum Gasteiger partial charge on any atom is -0.475 e. The smallest absolute Gasteiger partial charge is 0.475 e. The van der Waals surface area contributed by atoms with Gasteiger partial charge in [0.15, 0.2) is 0 Å². The molecule has 0 spiro atoms. The van der Waals surface area contributed by atoms with Gasteiger partial charge < -0.3 is 15.3 Å². The Morgan fingerprint density at radius 1 is 1.19 bits per heavy atom. The highest BCUT2D eigenvalue weighted by molar-refractivity contribution is 6.05. The van der Waals surface area contributed by atoms with Crippen LogP contribution in [0.4, 0.5) is 13.2 Å². The number of carboxylic acid groups (broad SMARTS) is 1. The summed E-state index contributed by atoms with van der Waals surface area (Å²) in [4.78, 5) is 46.8. The van der Waals surface area contributed by atoms with Crippen molar-refractivity contribution in [3.8, 4) is 5.69 Å². The number of hydrogen-bond acceptors (Lipinski definition) is 7. The average Bonchev–Trinajstić information content (AvgIpc) is 3.37. The number of amides is 3. The number of benzene rings is 1. The van der Waals surface area contributed by atoms with Crippen LogP contribution >= 0.6 is 0 Å². The van der Waals surface area contributed by atoms with Gasteiger partial charge in [-0.05, 0) is 43.0 Å². The zero-order valence-electron chi connectivity index (χ0n) is 18.9. The van der Waals surface area contributed by atoms with E-state index in [9.17, 15) is 27.6 Å². The van der Waals surface area contributed by atoms with Gasteiger partial charge in [-0.15, -0.1) is 5.10 Å². The van der Waals surface area contributed by atoms with Gasteiger partial charge >= 0.3 is 12.1 Å². The molecule has 1 aliphatic carbocycles. The molecule has 2 aromatic rings. The molecule has 1 aromatic carbocycles. The molecule has 0 radical (unpaired) electrons. The van der Waals surface area contributed by atoms with Crippen molar-refractivity contribution in [3.05, 3.63) is 41.2 Å². The third-order valence-electron chi connectivity index (χ3n) is 6.23. The van der Waals surface area contributed by atoms with Gasteiger partial charge in [0.05, 0.1) is 17.6 Å². The lowest BCUT2D eigenvalue weighted by Crippen LogP contribution is -2.52. The molecule has 2 aliphatic heterocycles. The van der Waals surface area contributed by atoms with Gasteiger partial charge in [-0.25, -0.2) is 9.48 Å².